The van der Waals surface area contributed by atoms with Crippen molar-refractivity contribution in [1.82, 2.24) is 20.2 Å². The second kappa shape index (κ2) is 8.95. The first kappa shape index (κ1) is 20.5. The van der Waals surface area contributed by atoms with E-state index in [1.165, 1.54) is 6.08 Å². The molecule has 7 nitrogen and oxygen atoms in total. The number of benzene rings is 2. The Labute approximate surface area is 179 Å². The topological polar surface area (TPSA) is 95.2 Å². The molecule has 2 aromatic carbocycles. The lowest BCUT2D eigenvalue weighted by Gasteiger charge is -2.18. The second-order valence-corrected chi connectivity index (χ2v) is 7.59. The minimum atomic E-state index is -0.217. The van der Waals surface area contributed by atoms with E-state index >= 15 is 0 Å². The van der Waals surface area contributed by atoms with Crippen molar-refractivity contribution < 1.29 is 9.59 Å². The first-order valence-electron chi connectivity index (χ1n) is 10.4. The summed E-state index contributed by atoms with van der Waals surface area (Å²) in [5.74, 6) is 0.190. The number of carbonyl (C=O) groups is 2. The summed E-state index contributed by atoms with van der Waals surface area (Å²) in [4.78, 5) is 45.8. The van der Waals surface area contributed by atoms with Crippen LogP contribution in [0, 0.1) is 0 Å². The van der Waals surface area contributed by atoms with Gasteiger partial charge in [0.2, 0.25) is 5.91 Å². The Hall–Kier alpha value is -3.74. The molecule has 1 aliphatic rings. The third-order valence-electron chi connectivity index (χ3n) is 5.20. The van der Waals surface area contributed by atoms with Crippen molar-refractivity contribution in [2.45, 2.75) is 32.4 Å². The van der Waals surface area contributed by atoms with Crippen LogP contribution in [-0.2, 0) is 11.3 Å². The summed E-state index contributed by atoms with van der Waals surface area (Å²) in [6.07, 6.45) is 5.29. The van der Waals surface area contributed by atoms with Crippen LogP contribution in [0.5, 0.6) is 0 Å². The van der Waals surface area contributed by atoms with E-state index in [9.17, 15) is 14.4 Å². The molecule has 1 aliphatic carbocycles. The average molecular weight is 416 g/mol. The van der Waals surface area contributed by atoms with Gasteiger partial charge in [0.25, 0.3) is 11.5 Å². The van der Waals surface area contributed by atoms with E-state index in [0.717, 1.165) is 18.4 Å². The summed E-state index contributed by atoms with van der Waals surface area (Å²) in [6, 6.07) is 14.6. The van der Waals surface area contributed by atoms with Crippen molar-refractivity contribution >= 4 is 28.8 Å². The van der Waals surface area contributed by atoms with Gasteiger partial charge in [-0.1, -0.05) is 24.3 Å². The Balaban J connectivity index is 1.42. The van der Waals surface area contributed by atoms with Gasteiger partial charge in [-0.15, -0.1) is 0 Å². The number of aromatic nitrogens is 2. The lowest BCUT2D eigenvalue weighted by Crippen LogP contribution is -2.30. The summed E-state index contributed by atoms with van der Waals surface area (Å²) in [7, 11) is 0. The van der Waals surface area contributed by atoms with Gasteiger partial charge >= 0.3 is 0 Å². The van der Waals surface area contributed by atoms with Crippen molar-refractivity contribution in [3.8, 4) is 0 Å². The number of fused-ring (bicyclic) bond motifs is 1. The van der Waals surface area contributed by atoms with Crippen molar-refractivity contribution in [3.05, 3.63) is 81.9 Å². The smallest absolute Gasteiger partial charge is 0.258 e. The Morgan fingerprint density at radius 3 is 2.61 bits per heavy atom. The van der Waals surface area contributed by atoms with Crippen LogP contribution in [0.3, 0.4) is 0 Å². The highest BCUT2D eigenvalue weighted by atomic mass is 16.2. The molecule has 0 unspecified atom stereocenters. The maximum atomic E-state index is 12.7. The quantitative estimate of drug-likeness (QED) is 0.579. The SMILES string of the molecule is CCN(Cc1nc2ccccc2c(=O)[nH]1)C(=O)/C=C/c1ccc(C(=O)NC2CC2)cc1. The van der Waals surface area contributed by atoms with E-state index in [1.54, 1.807) is 41.3 Å². The Bertz CT molecular complexity index is 1190. The molecule has 0 atom stereocenters. The molecule has 1 aromatic heterocycles. The van der Waals surface area contributed by atoms with Gasteiger partial charge in [0.05, 0.1) is 17.4 Å². The van der Waals surface area contributed by atoms with Crippen LogP contribution in [0.2, 0.25) is 0 Å². The number of nitrogens with one attached hydrogen (secondary N) is 2. The number of amides is 2. The molecule has 0 aliphatic heterocycles. The Kier molecular flexibility index (Phi) is 5.93. The van der Waals surface area contributed by atoms with Gasteiger partial charge in [-0.25, -0.2) is 4.98 Å². The lowest BCUT2D eigenvalue weighted by molar-refractivity contribution is -0.126. The van der Waals surface area contributed by atoms with Gasteiger partial charge in [0.15, 0.2) is 0 Å². The average Bonchev–Trinajstić information content (AvgIpc) is 3.60. The van der Waals surface area contributed by atoms with E-state index in [2.05, 4.69) is 15.3 Å². The zero-order valence-electron chi connectivity index (χ0n) is 17.3. The molecule has 2 amide bonds. The van der Waals surface area contributed by atoms with Crippen LogP contribution in [0.25, 0.3) is 17.0 Å². The summed E-state index contributed by atoms with van der Waals surface area (Å²) >= 11 is 0. The van der Waals surface area contributed by atoms with Gasteiger partial charge in [0, 0.05) is 24.2 Å². The number of H-pyrrole nitrogens is 1. The molecule has 0 bridgehead atoms. The van der Waals surface area contributed by atoms with Crippen LogP contribution < -0.4 is 10.9 Å². The van der Waals surface area contributed by atoms with Crippen molar-refractivity contribution in [2.24, 2.45) is 0 Å². The largest absolute Gasteiger partial charge is 0.349 e. The zero-order chi connectivity index (χ0) is 21.8. The van der Waals surface area contributed by atoms with E-state index in [-0.39, 0.29) is 23.9 Å². The van der Waals surface area contributed by atoms with Crippen LogP contribution in [0.4, 0.5) is 0 Å². The first-order chi connectivity index (χ1) is 15.0. The fraction of sp³-hybridized carbons (Fsp3) is 0.250. The number of likely N-dealkylation sites (N-methyl/N-ethyl adjacent to an activating group) is 1. The molecule has 3 aromatic rings. The summed E-state index contributed by atoms with van der Waals surface area (Å²) in [5, 5.41) is 3.47. The number of nitrogens with zero attached hydrogens (tertiary/aromatic N) is 2. The maximum absolute atomic E-state index is 12.7. The van der Waals surface area contributed by atoms with Crippen molar-refractivity contribution in [3.63, 3.8) is 0 Å². The standard InChI is InChI=1S/C24H24N4O3/c1-2-28(15-21-26-20-6-4-3-5-19(20)24(31)27-21)22(29)14-9-16-7-10-17(11-8-16)23(30)25-18-12-13-18/h3-11,14,18H,2,12-13,15H2,1H3,(H,25,30)(H,26,27,31)/b14-9+. The molecule has 1 fully saturated rings. The predicted octanol–water partition coefficient (Wildman–Crippen LogP) is 2.88. The van der Waals surface area contributed by atoms with Gasteiger partial charge in [0.1, 0.15) is 5.82 Å². The Morgan fingerprint density at radius 2 is 1.90 bits per heavy atom. The molecule has 158 valence electrons. The molecule has 0 radical (unpaired) electrons. The van der Waals surface area contributed by atoms with Crippen LogP contribution in [0.1, 0.15) is 41.5 Å². The number of carbonyl (C=O) groups excluding carboxylic acids is 2. The minimum absolute atomic E-state index is 0.0665. The number of hydrogen-bond acceptors (Lipinski definition) is 4. The molecule has 7 heteroatoms. The number of aromatic amines is 1. The summed E-state index contributed by atoms with van der Waals surface area (Å²) in [6.45, 7) is 2.55. The molecule has 31 heavy (non-hydrogen) atoms. The van der Waals surface area contributed by atoms with Crippen molar-refractivity contribution in [1.29, 1.82) is 0 Å². The first-order valence-corrected chi connectivity index (χ1v) is 10.4. The van der Waals surface area contributed by atoms with Gasteiger partial charge < -0.3 is 15.2 Å². The predicted molar refractivity (Wildman–Crippen MR) is 119 cm³/mol. The molecule has 1 heterocycles. The van der Waals surface area contributed by atoms with E-state index in [0.29, 0.717) is 34.9 Å². The third-order valence-corrected chi connectivity index (χ3v) is 5.20. The highest BCUT2D eigenvalue weighted by Gasteiger charge is 2.23. The highest BCUT2D eigenvalue weighted by Crippen LogP contribution is 2.19. The summed E-state index contributed by atoms with van der Waals surface area (Å²) in [5.41, 5.74) is 1.82. The molecule has 4 rings (SSSR count). The van der Waals surface area contributed by atoms with Crippen LogP contribution >= 0.6 is 0 Å². The molecule has 2 N–H and O–H groups in total. The molecule has 0 saturated heterocycles. The second-order valence-electron chi connectivity index (χ2n) is 7.59. The Morgan fingerprint density at radius 1 is 1.16 bits per heavy atom. The fourth-order valence-corrected chi connectivity index (χ4v) is 3.25. The number of rotatable bonds is 7. The maximum Gasteiger partial charge on any atom is 0.258 e. The fourth-order valence-electron chi connectivity index (χ4n) is 3.25. The minimum Gasteiger partial charge on any atom is -0.349 e. The molecule has 0 spiro atoms. The van der Waals surface area contributed by atoms with Gasteiger partial charge in [-0.2, -0.15) is 0 Å². The number of para-hydroxylation sites is 1. The van der Waals surface area contributed by atoms with Gasteiger partial charge in [-0.05, 0) is 55.7 Å². The molecule has 1 saturated carbocycles. The summed E-state index contributed by atoms with van der Waals surface area (Å²) < 4.78 is 0. The normalized spacial score (nSPS) is 13.5. The lowest BCUT2D eigenvalue weighted by atomic mass is 10.1. The monoisotopic (exact) mass is 416 g/mol. The van der Waals surface area contributed by atoms with Crippen LogP contribution in [-0.4, -0.2) is 39.3 Å². The van der Waals surface area contributed by atoms with Crippen LogP contribution in [0.15, 0.2) is 59.4 Å². The van der Waals surface area contributed by atoms with E-state index < -0.39 is 0 Å². The third kappa shape index (κ3) is 5.06. The number of hydrogen-bond donors (Lipinski definition) is 2. The van der Waals surface area contributed by atoms with E-state index in [4.69, 9.17) is 0 Å². The molecular formula is C24H24N4O3. The molecular weight excluding hydrogens is 392 g/mol. The highest BCUT2D eigenvalue weighted by molar-refractivity contribution is 5.95. The van der Waals surface area contributed by atoms with Gasteiger partial charge in [-0.3, -0.25) is 14.4 Å². The van der Waals surface area contributed by atoms with Crippen molar-refractivity contribution in [2.75, 3.05) is 6.54 Å². The van der Waals surface area contributed by atoms with E-state index in [1.807, 2.05) is 25.1 Å². The zero-order valence-corrected chi connectivity index (χ0v) is 17.3.